The molecule has 0 saturated carbocycles. The molecule has 1 aromatic rings. The highest BCUT2D eigenvalue weighted by molar-refractivity contribution is 6.31. The predicted octanol–water partition coefficient (Wildman–Crippen LogP) is 2.48. The molecule has 0 saturated heterocycles. The zero-order valence-corrected chi connectivity index (χ0v) is 11.4. The average Bonchev–Trinajstić information content (AvgIpc) is 2.34. The van der Waals surface area contributed by atoms with Crippen molar-refractivity contribution in [3.63, 3.8) is 0 Å². The molecule has 0 aliphatic carbocycles. The van der Waals surface area contributed by atoms with Gasteiger partial charge in [-0.15, -0.1) is 0 Å². The van der Waals surface area contributed by atoms with Gasteiger partial charge in [0.2, 0.25) is 5.91 Å². The SMILES string of the molecule is CCCNC(=O)C(C)NCc1ccc(F)cc1Cl. The molecule has 3 nitrogen and oxygen atoms in total. The molecular formula is C13H18ClFN2O. The van der Waals surface area contributed by atoms with Crippen LogP contribution in [0.15, 0.2) is 18.2 Å². The molecule has 0 aromatic heterocycles. The minimum Gasteiger partial charge on any atom is -0.355 e. The monoisotopic (exact) mass is 272 g/mol. The Morgan fingerprint density at radius 1 is 1.50 bits per heavy atom. The summed E-state index contributed by atoms with van der Waals surface area (Å²) in [6.45, 7) is 4.88. The topological polar surface area (TPSA) is 41.1 Å². The molecule has 0 aliphatic heterocycles. The molecule has 1 rings (SSSR count). The van der Waals surface area contributed by atoms with Crippen molar-refractivity contribution in [2.45, 2.75) is 32.9 Å². The molecule has 5 heteroatoms. The Hall–Kier alpha value is -1.13. The maximum Gasteiger partial charge on any atom is 0.236 e. The van der Waals surface area contributed by atoms with Crippen LogP contribution in [-0.2, 0) is 11.3 Å². The average molecular weight is 273 g/mol. The third kappa shape index (κ3) is 4.63. The largest absolute Gasteiger partial charge is 0.355 e. The first-order valence-electron chi connectivity index (χ1n) is 5.99. The predicted molar refractivity (Wildman–Crippen MR) is 71.0 cm³/mol. The lowest BCUT2D eigenvalue weighted by Gasteiger charge is -2.14. The van der Waals surface area contributed by atoms with E-state index in [9.17, 15) is 9.18 Å². The van der Waals surface area contributed by atoms with E-state index in [4.69, 9.17) is 11.6 Å². The first-order valence-corrected chi connectivity index (χ1v) is 6.37. The van der Waals surface area contributed by atoms with E-state index in [0.29, 0.717) is 18.1 Å². The second-order valence-electron chi connectivity index (χ2n) is 4.13. The van der Waals surface area contributed by atoms with Crippen molar-refractivity contribution in [3.05, 3.63) is 34.6 Å². The van der Waals surface area contributed by atoms with E-state index in [1.165, 1.54) is 12.1 Å². The van der Waals surface area contributed by atoms with Gasteiger partial charge in [-0.2, -0.15) is 0 Å². The van der Waals surface area contributed by atoms with Crippen molar-refractivity contribution in [2.75, 3.05) is 6.54 Å². The first kappa shape index (κ1) is 14.9. The van der Waals surface area contributed by atoms with Crippen LogP contribution in [0.4, 0.5) is 4.39 Å². The number of nitrogens with one attached hydrogen (secondary N) is 2. The lowest BCUT2D eigenvalue weighted by Crippen LogP contribution is -2.42. The minimum absolute atomic E-state index is 0.0462. The summed E-state index contributed by atoms with van der Waals surface area (Å²) in [4.78, 5) is 11.6. The molecule has 0 aliphatic rings. The standard InChI is InChI=1S/C13H18ClFN2O/c1-3-6-16-13(18)9(2)17-8-10-4-5-11(15)7-12(10)14/h4-5,7,9,17H,3,6,8H2,1-2H3,(H,16,18). The Morgan fingerprint density at radius 3 is 2.83 bits per heavy atom. The molecule has 100 valence electrons. The van der Waals surface area contributed by atoms with Crippen molar-refractivity contribution in [1.29, 1.82) is 0 Å². The molecule has 1 amide bonds. The number of amides is 1. The summed E-state index contributed by atoms with van der Waals surface area (Å²) in [5.74, 6) is -0.410. The van der Waals surface area contributed by atoms with Crippen LogP contribution in [0.5, 0.6) is 0 Å². The Morgan fingerprint density at radius 2 is 2.22 bits per heavy atom. The summed E-state index contributed by atoms with van der Waals surface area (Å²) in [5, 5.41) is 6.21. The van der Waals surface area contributed by atoms with E-state index in [2.05, 4.69) is 10.6 Å². The Balaban J connectivity index is 2.46. The van der Waals surface area contributed by atoms with Gasteiger partial charge in [0.15, 0.2) is 0 Å². The third-order valence-electron chi connectivity index (χ3n) is 2.56. The lowest BCUT2D eigenvalue weighted by molar-refractivity contribution is -0.122. The molecule has 0 spiro atoms. The van der Waals surface area contributed by atoms with Gasteiger partial charge in [0.1, 0.15) is 5.82 Å². The second kappa shape index (κ2) is 7.34. The van der Waals surface area contributed by atoms with E-state index in [0.717, 1.165) is 12.0 Å². The van der Waals surface area contributed by atoms with Crippen LogP contribution in [0.2, 0.25) is 5.02 Å². The van der Waals surface area contributed by atoms with Crippen molar-refractivity contribution < 1.29 is 9.18 Å². The Kier molecular flexibility index (Phi) is 6.09. The Labute approximate surface area is 112 Å². The zero-order chi connectivity index (χ0) is 13.5. The zero-order valence-electron chi connectivity index (χ0n) is 10.6. The third-order valence-corrected chi connectivity index (χ3v) is 2.91. The first-order chi connectivity index (χ1) is 8.54. The van der Waals surface area contributed by atoms with E-state index < -0.39 is 0 Å². The van der Waals surface area contributed by atoms with Gasteiger partial charge in [-0.05, 0) is 31.0 Å². The van der Waals surface area contributed by atoms with Gasteiger partial charge in [-0.3, -0.25) is 4.79 Å². The fourth-order valence-electron chi connectivity index (χ4n) is 1.42. The summed E-state index contributed by atoms with van der Waals surface area (Å²) in [7, 11) is 0. The van der Waals surface area contributed by atoms with Crippen LogP contribution >= 0.6 is 11.6 Å². The molecule has 0 heterocycles. The van der Waals surface area contributed by atoms with Crippen LogP contribution in [0, 0.1) is 5.82 Å². The van der Waals surface area contributed by atoms with Crippen molar-refractivity contribution in [1.82, 2.24) is 10.6 Å². The number of carbonyl (C=O) groups excluding carboxylic acids is 1. The molecule has 1 unspecified atom stereocenters. The Bertz CT molecular complexity index is 412. The second-order valence-corrected chi connectivity index (χ2v) is 4.54. The molecular weight excluding hydrogens is 255 g/mol. The van der Waals surface area contributed by atoms with Gasteiger partial charge >= 0.3 is 0 Å². The van der Waals surface area contributed by atoms with Gasteiger partial charge in [-0.1, -0.05) is 24.6 Å². The highest BCUT2D eigenvalue weighted by Crippen LogP contribution is 2.16. The normalized spacial score (nSPS) is 12.2. The summed E-state index contributed by atoms with van der Waals surface area (Å²) in [6.07, 6.45) is 0.905. The smallest absolute Gasteiger partial charge is 0.236 e. The van der Waals surface area contributed by atoms with E-state index >= 15 is 0 Å². The maximum atomic E-state index is 12.8. The van der Waals surface area contributed by atoms with E-state index in [-0.39, 0.29) is 17.8 Å². The van der Waals surface area contributed by atoms with Crippen LogP contribution in [-0.4, -0.2) is 18.5 Å². The van der Waals surface area contributed by atoms with Gasteiger partial charge < -0.3 is 10.6 Å². The van der Waals surface area contributed by atoms with Crippen LogP contribution in [0.3, 0.4) is 0 Å². The van der Waals surface area contributed by atoms with Gasteiger partial charge in [0.25, 0.3) is 0 Å². The van der Waals surface area contributed by atoms with Crippen LogP contribution in [0.1, 0.15) is 25.8 Å². The van der Waals surface area contributed by atoms with Gasteiger partial charge in [0, 0.05) is 18.1 Å². The molecule has 18 heavy (non-hydrogen) atoms. The summed E-state index contributed by atoms with van der Waals surface area (Å²) >= 11 is 5.90. The number of hydrogen-bond acceptors (Lipinski definition) is 2. The molecule has 0 bridgehead atoms. The number of benzene rings is 1. The number of halogens is 2. The van der Waals surface area contributed by atoms with E-state index in [1.807, 2.05) is 6.92 Å². The van der Waals surface area contributed by atoms with Gasteiger partial charge in [0.05, 0.1) is 6.04 Å². The van der Waals surface area contributed by atoms with Crippen LogP contribution < -0.4 is 10.6 Å². The van der Waals surface area contributed by atoms with E-state index in [1.54, 1.807) is 13.0 Å². The number of hydrogen-bond donors (Lipinski definition) is 2. The van der Waals surface area contributed by atoms with Gasteiger partial charge in [-0.25, -0.2) is 4.39 Å². The fourth-order valence-corrected chi connectivity index (χ4v) is 1.66. The summed E-state index contributed by atoms with van der Waals surface area (Å²) in [6, 6.07) is 3.92. The number of rotatable bonds is 6. The minimum atomic E-state index is -0.363. The molecule has 1 aromatic carbocycles. The molecule has 1 atom stereocenters. The summed E-state index contributed by atoms with van der Waals surface area (Å²) < 4.78 is 12.8. The molecule has 0 radical (unpaired) electrons. The number of carbonyl (C=O) groups is 1. The maximum absolute atomic E-state index is 12.8. The van der Waals surface area contributed by atoms with Crippen molar-refractivity contribution in [2.24, 2.45) is 0 Å². The van der Waals surface area contributed by atoms with Crippen molar-refractivity contribution in [3.8, 4) is 0 Å². The highest BCUT2D eigenvalue weighted by atomic mass is 35.5. The molecule has 2 N–H and O–H groups in total. The lowest BCUT2D eigenvalue weighted by atomic mass is 10.2. The fraction of sp³-hybridized carbons (Fsp3) is 0.462. The molecule has 0 fully saturated rings. The quantitative estimate of drug-likeness (QED) is 0.835. The highest BCUT2D eigenvalue weighted by Gasteiger charge is 2.11. The summed E-state index contributed by atoms with van der Waals surface area (Å²) in [5.41, 5.74) is 0.771. The van der Waals surface area contributed by atoms with Crippen LogP contribution in [0.25, 0.3) is 0 Å². The van der Waals surface area contributed by atoms with Crippen molar-refractivity contribution >= 4 is 17.5 Å².